The van der Waals surface area contributed by atoms with E-state index in [2.05, 4.69) is 36.0 Å². The Labute approximate surface area is 193 Å². The molecule has 0 aliphatic heterocycles. The number of anilines is 1. The molecule has 9 nitrogen and oxygen atoms in total. The van der Waals surface area contributed by atoms with Gasteiger partial charge >= 0.3 is 0 Å². The Morgan fingerprint density at radius 3 is 2.70 bits per heavy atom. The molecule has 0 aliphatic carbocycles. The van der Waals surface area contributed by atoms with Crippen molar-refractivity contribution in [3.8, 4) is 0 Å². The van der Waals surface area contributed by atoms with Crippen LogP contribution in [0, 0.1) is 0 Å². The van der Waals surface area contributed by atoms with Gasteiger partial charge in [0.05, 0.1) is 24.7 Å². The molecular formula is C20H29IN8O. The highest BCUT2D eigenvalue weighted by molar-refractivity contribution is 14.0. The number of halogens is 1. The van der Waals surface area contributed by atoms with E-state index < -0.39 is 0 Å². The van der Waals surface area contributed by atoms with Crippen molar-refractivity contribution in [3.05, 3.63) is 48.4 Å². The van der Waals surface area contributed by atoms with Crippen LogP contribution in [0.5, 0.6) is 0 Å². The Morgan fingerprint density at radius 1 is 1.17 bits per heavy atom. The summed E-state index contributed by atoms with van der Waals surface area (Å²) in [4.78, 5) is 13.2. The highest BCUT2D eigenvalue weighted by Crippen LogP contribution is 2.17. The molecule has 1 aromatic carbocycles. The van der Waals surface area contributed by atoms with Gasteiger partial charge in [0.15, 0.2) is 11.6 Å². The zero-order valence-corrected chi connectivity index (χ0v) is 19.6. The standard InChI is InChI=1S/C20H28N8O.HI/c1-3-21-20(24-11-16(13-29)15-7-5-4-6-8-15)23-10-9-22-18-17-12-27-28(2)19(17)26-14-25-18;/h4-8,12,14,16,29H,3,9-11,13H2,1-2H3,(H2,21,23,24)(H,22,25,26);1H. The molecule has 2 heterocycles. The van der Waals surface area contributed by atoms with Crippen LogP contribution in [0.3, 0.4) is 0 Å². The predicted octanol–water partition coefficient (Wildman–Crippen LogP) is 1.72. The van der Waals surface area contributed by atoms with Crippen LogP contribution >= 0.6 is 24.0 Å². The monoisotopic (exact) mass is 524 g/mol. The van der Waals surface area contributed by atoms with Crippen LogP contribution in [0.15, 0.2) is 47.8 Å². The van der Waals surface area contributed by atoms with E-state index >= 15 is 0 Å². The van der Waals surface area contributed by atoms with E-state index in [0.29, 0.717) is 19.6 Å². The van der Waals surface area contributed by atoms with Crippen LogP contribution in [-0.4, -0.2) is 63.6 Å². The largest absolute Gasteiger partial charge is 0.396 e. The first-order valence-corrected chi connectivity index (χ1v) is 9.77. The number of rotatable bonds is 9. The second kappa shape index (κ2) is 12.3. The molecule has 0 saturated heterocycles. The average Bonchev–Trinajstić information content (AvgIpc) is 3.14. The molecule has 1 unspecified atom stereocenters. The van der Waals surface area contributed by atoms with Crippen molar-refractivity contribution in [2.75, 3.05) is 38.1 Å². The third-order valence-electron chi connectivity index (χ3n) is 4.54. The third-order valence-corrected chi connectivity index (χ3v) is 4.54. The van der Waals surface area contributed by atoms with Crippen LogP contribution < -0.4 is 16.0 Å². The van der Waals surface area contributed by atoms with Gasteiger partial charge in [0.2, 0.25) is 0 Å². The predicted molar refractivity (Wildman–Crippen MR) is 130 cm³/mol. The number of nitrogens with zero attached hydrogens (tertiary/aromatic N) is 5. The highest BCUT2D eigenvalue weighted by atomic mass is 127. The first-order valence-electron chi connectivity index (χ1n) is 9.77. The van der Waals surface area contributed by atoms with Crippen LogP contribution in [0.2, 0.25) is 0 Å². The molecule has 0 saturated carbocycles. The Kier molecular flexibility index (Phi) is 9.74. The van der Waals surface area contributed by atoms with Gasteiger partial charge in [-0.05, 0) is 12.5 Å². The summed E-state index contributed by atoms with van der Waals surface area (Å²) in [5.41, 5.74) is 1.88. The van der Waals surface area contributed by atoms with E-state index in [1.807, 2.05) is 44.3 Å². The minimum atomic E-state index is -0.0235. The number of hydrogen-bond donors (Lipinski definition) is 4. The SMILES string of the molecule is CCNC(=NCC(CO)c1ccccc1)NCCNc1ncnc2c1cnn2C.I. The second-order valence-electron chi connectivity index (χ2n) is 6.59. The molecule has 0 radical (unpaired) electrons. The van der Waals surface area contributed by atoms with Crippen LogP contribution in [0.4, 0.5) is 5.82 Å². The van der Waals surface area contributed by atoms with Crippen molar-refractivity contribution in [1.29, 1.82) is 0 Å². The third kappa shape index (κ3) is 6.26. The van der Waals surface area contributed by atoms with Gasteiger partial charge in [0, 0.05) is 32.6 Å². The zero-order chi connectivity index (χ0) is 20.5. The first kappa shape index (κ1) is 23.8. The molecule has 0 spiro atoms. The van der Waals surface area contributed by atoms with Gasteiger partial charge in [-0.25, -0.2) is 9.97 Å². The van der Waals surface area contributed by atoms with Crippen molar-refractivity contribution in [2.24, 2.45) is 12.0 Å². The molecule has 0 aliphatic rings. The van der Waals surface area contributed by atoms with E-state index in [-0.39, 0.29) is 36.5 Å². The minimum absolute atomic E-state index is 0. The number of hydrogen-bond acceptors (Lipinski definition) is 6. The second-order valence-corrected chi connectivity index (χ2v) is 6.59. The summed E-state index contributed by atoms with van der Waals surface area (Å²) in [6, 6.07) is 9.95. The van der Waals surface area contributed by atoms with E-state index in [1.165, 1.54) is 6.33 Å². The molecule has 1 atom stereocenters. The van der Waals surface area contributed by atoms with Gasteiger partial charge in [-0.1, -0.05) is 30.3 Å². The van der Waals surface area contributed by atoms with Crippen molar-refractivity contribution < 1.29 is 5.11 Å². The summed E-state index contributed by atoms with van der Waals surface area (Å²) in [5, 5.41) is 24.7. The number of aromatic nitrogens is 4. The number of aliphatic imine (C=N–C) groups is 1. The van der Waals surface area contributed by atoms with Crippen molar-refractivity contribution >= 4 is 46.8 Å². The lowest BCUT2D eigenvalue weighted by Crippen LogP contribution is -2.40. The number of guanidine groups is 1. The number of nitrogens with one attached hydrogen (secondary N) is 3. The zero-order valence-electron chi connectivity index (χ0n) is 17.2. The summed E-state index contributed by atoms with van der Waals surface area (Å²) in [6.07, 6.45) is 3.29. The Bertz CT molecular complexity index is 931. The topological polar surface area (TPSA) is 112 Å². The van der Waals surface area contributed by atoms with E-state index in [4.69, 9.17) is 0 Å². The van der Waals surface area contributed by atoms with E-state index in [0.717, 1.165) is 34.9 Å². The quantitative estimate of drug-likeness (QED) is 0.146. The van der Waals surface area contributed by atoms with Crippen LogP contribution in [-0.2, 0) is 7.05 Å². The van der Waals surface area contributed by atoms with Crippen LogP contribution in [0.25, 0.3) is 11.0 Å². The molecule has 162 valence electrons. The maximum atomic E-state index is 9.71. The molecular weight excluding hydrogens is 495 g/mol. The Balaban J connectivity index is 0.00000320. The van der Waals surface area contributed by atoms with Gasteiger partial charge in [-0.15, -0.1) is 24.0 Å². The summed E-state index contributed by atoms with van der Waals surface area (Å²) < 4.78 is 1.72. The van der Waals surface area contributed by atoms with Gasteiger partial charge in [-0.3, -0.25) is 9.67 Å². The molecule has 0 amide bonds. The molecule has 0 fully saturated rings. The average molecular weight is 524 g/mol. The molecule has 2 aromatic heterocycles. The van der Waals surface area contributed by atoms with E-state index in [1.54, 1.807) is 10.9 Å². The fourth-order valence-corrected chi connectivity index (χ4v) is 3.00. The molecule has 30 heavy (non-hydrogen) atoms. The summed E-state index contributed by atoms with van der Waals surface area (Å²) in [7, 11) is 1.86. The molecule has 0 bridgehead atoms. The lowest BCUT2D eigenvalue weighted by Gasteiger charge is -2.15. The highest BCUT2D eigenvalue weighted by Gasteiger charge is 2.10. The number of fused-ring (bicyclic) bond motifs is 1. The number of aryl methyl sites for hydroxylation is 1. The smallest absolute Gasteiger partial charge is 0.191 e. The lowest BCUT2D eigenvalue weighted by atomic mass is 10.0. The fraction of sp³-hybridized carbons (Fsp3) is 0.400. The lowest BCUT2D eigenvalue weighted by molar-refractivity contribution is 0.268. The van der Waals surface area contributed by atoms with Crippen molar-refractivity contribution in [1.82, 2.24) is 30.4 Å². The van der Waals surface area contributed by atoms with Crippen LogP contribution in [0.1, 0.15) is 18.4 Å². The van der Waals surface area contributed by atoms with Crippen molar-refractivity contribution in [3.63, 3.8) is 0 Å². The van der Waals surface area contributed by atoms with Gasteiger partial charge in [0.1, 0.15) is 12.1 Å². The number of aliphatic hydroxyl groups is 1. The Morgan fingerprint density at radius 2 is 1.97 bits per heavy atom. The normalized spacial score (nSPS) is 12.3. The molecule has 10 heteroatoms. The Hall–Kier alpha value is -2.47. The molecule has 3 aromatic rings. The number of benzene rings is 1. The summed E-state index contributed by atoms with van der Waals surface area (Å²) in [6.45, 7) is 4.67. The minimum Gasteiger partial charge on any atom is -0.396 e. The fourth-order valence-electron chi connectivity index (χ4n) is 3.00. The first-order chi connectivity index (χ1) is 14.2. The van der Waals surface area contributed by atoms with Gasteiger partial charge in [0.25, 0.3) is 0 Å². The number of aliphatic hydroxyl groups excluding tert-OH is 1. The van der Waals surface area contributed by atoms with E-state index in [9.17, 15) is 5.11 Å². The van der Waals surface area contributed by atoms with Crippen molar-refractivity contribution in [2.45, 2.75) is 12.8 Å². The maximum Gasteiger partial charge on any atom is 0.191 e. The summed E-state index contributed by atoms with van der Waals surface area (Å²) >= 11 is 0. The summed E-state index contributed by atoms with van der Waals surface area (Å²) in [5.74, 6) is 1.46. The maximum absolute atomic E-state index is 9.71. The van der Waals surface area contributed by atoms with Gasteiger partial charge in [-0.2, -0.15) is 5.10 Å². The van der Waals surface area contributed by atoms with Gasteiger partial charge < -0.3 is 21.1 Å². The molecule has 3 rings (SSSR count). The molecule has 4 N–H and O–H groups in total.